The molecule has 0 aliphatic rings. The van der Waals surface area contributed by atoms with Crippen LogP contribution in [0.5, 0.6) is 5.75 Å². The van der Waals surface area contributed by atoms with Crippen molar-refractivity contribution in [2.75, 3.05) is 17.7 Å². The molecule has 0 unspecified atom stereocenters. The molecule has 0 saturated carbocycles. The summed E-state index contributed by atoms with van der Waals surface area (Å²) < 4.78 is 23.7. The van der Waals surface area contributed by atoms with Gasteiger partial charge in [-0.05, 0) is 55.5 Å². The molecule has 1 heterocycles. The SMILES string of the molecule is CCOc1ccc(-c2nnc(NC(=O)CSc3ccc(F)cc3)o2)cc1. The summed E-state index contributed by atoms with van der Waals surface area (Å²) in [5.74, 6) is 0.594. The van der Waals surface area contributed by atoms with E-state index in [9.17, 15) is 9.18 Å². The van der Waals surface area contributed by atoms with E-state index in [-0.39, 0.29) is 23.5 Å². The van der Waals surface area contributed by atoms with Gasteiger partial charge in [-0.15, -0.1) is 16.9 Å². The van der Waals surface area contributed by atoms with Gasteiger partial charge in [0, 0.05) is 10.5 Å². The summed E-state index contributed by atoms with van der Waals surface area (Å²) in [7, 11) is 0. The molecule has 26 heavy (non-hydrogen) atoms. The predicted molar refractivity (Wildman–Crippen MR) is 96.7 cm³/mol. The Bertz CT molecular complexity index is 866. The number of nitrogens with zero attached hydrogens (tertiary/aromatic N) is 2. The average molecular weight is 373 g/mol. The van der Waals surface area contributed by atoms with Crippen molar-refractivity contribution in [1.29, 1.82) is 0 Å². The zero-order chi connectivity index (χ0) is 18.4. The molecule has 3 aromatic rings. The van der Waals surface area contributed by atoms with Crippen LogP contribution in [0.2, 0.25) is 0 Å². The summed E-state index contributed by atoms with van der Waals surface area (Å²) in [6, 6.07) is 13.2. The molecule has 2 aromatic carbocycles. The van der Waals surface area contributed by atoms with Crippen LogP contribution in [0.15, 0.2) is 57.8 Å². The van der Waals surface area contributed by atoms with E-state index in [0.29, 0.717) is 12.5 Å². The fourth-order valence-electron chi connectivity index (χ4n) is 2.09. The van der Waals surface area contributed by atoms with Crippen LogP contribution in [0.1, 0.15) is 6.92 Å². The molecule has 0 saturated heterocycles. The van der Waals surface area contributed by atoms with Crippen molar-refractivity contribution in [2.24, 2.45) is 0 Å². The third-order valence-corrected chi connectivity index (χ3v) is 4.28. The second-order valence-corrected chi connectivity index (χ2v) is 6.21. The van der Waals surface area contributed by atoms with Crippen LogP contribution < -0.4 is 10.1 Å². The third-order valence-electron chi connectivity index (χ3n) is 3.27. The normalized spacial score (nSPS) is 10.5. The Morgan fingerprint density at radius 1 is 1.15 bits per heavy atom. The van der Waals surface area contributed by atoms with Gasteiger partial charge in [0.05, 0.1) is 12.4 Å². The Balaban J connectivity index is 1.55. The van der Waals surface area contributed by atoms with Crippen molar-refractivity contribution in [3.63, 3.8) is 0 Å². The number of anilines is 1. The molecule has 0 aliphatic heterocycles. The van der Waals surface area contributed by atoms with E-state index in [1.165, 1.54) is 23.9 Å². The first kappa shape index (κ1) is 17.9. The summed E-state index contributed by atoms with van der Waals surface area (Å²) in [5, 5.41) is 10.3. The Morgan fingerprint density at radius 2 is 1.88 bits per heavy atom. The first-order valence-corrected chi connectivity index (χ1v) is 8.87. The van der Waals surface area contributed by atoms with Gasteiger partial charge >= 0.3 is 6.01 Å². The zero-order valence-corrected chi connectivity index (χ0v) is 14.8. The number of halogens is 1. The molecule has 0 atom stereocenters. The van der Waals surface area contributed by atoms with E-state index in [0.717, 1.165) is 16.2 Å². The van der Waals surface area contributed by atoms with Gasteiger partial charge in [-0.25, -0.2) is 4.39 Å². The standard InChI is InChI=1S/C18H16FN3O3S/c1-2-24-14-7-3-12(4-8-14)17-21-22-18(25-17)20-16(23)11-26-15-9-5-13(19)6-10-15/h3-10H,2,11H2,1H3,(H,20,22,23). The van der Waals surface area contributed by atoms with E-state index in [1.54, 1.807) is 36.4 Å². The number of hydrogen-bond donors (Lipinski definition) is 1. The van der Waals surface area contributed by atoms with Gasteiger partial charge in [-0.1, -0.05) is 5.10 Å². The van der Waals surface area contributed by atoms with Crippen molar-refractivity contribution >= 4 is 23.7 Å². The van der Waals surface area contributed by atoms with Crippen molar-refractivity contribution in [3.05, 3.63) is 54.3 Å². The molecule has 1 N–H and O–H groups in total. The molecule has 6 nitrogen and oxygen atoms in total. The summed E-state index contributed by atoms with van der Waals surface area (Å²) in [6.07, 6.45) is 0. The first-order chi connectivity index (χ1) is 12.6. The highest BCUT2D eigenvalue weighted by Gasteiger charge is 2.12. The number of thioether (sulfide) groups is 1. The van der Waals surface area contributed by atoms with Gasteiger partial charge in [-0.3, -0.25) is 10.1 Å². The number of carbonyl (C=O) groups is 1. The van der Waals surface area contributed by atoms with Crippen LogP contribution in [-0.4, -0.2) is 28.5 Å². The zero-order valence-electron chi connectivity index (χ0n) is 13.9. The van der Waals surface area contributed by atoms with Crippen LogP contribution in [0.25, 0.3) is 11.5 Å². The number of carbonyl (C=O) groups excluding carboxylic acids is 1. The van der Waals surface area contributed by atoms with Crippen molar-refractivity contribution in [1.82, 2.24) is 10.2 Å². The molecule has 0 aliphatic carbocycles. The van der Waals surface area contributed by atoms with Crippen molar-refractivity contribution in [2.45, 2.75) is 11.8 Å². The van der Waals surface area contributed by atoms with Crippen LogP contribution in [0.3, 0.4) is 0 Å². The summed E-state index contributed by atoms with van der Waals surface area (Å²) >= 11 is 1.28. The van der Waals surface area contributed by atoms with E-state index in [2.05, 4.69) is 15.5 Å². The lowest BCUT2D eigenvalue weighted by Crippen LogP contribution is -2.14. The number of benzene rings is 2. The lowest BCUT2D eigenvalue weighted by Gasteiger charge is -2.02. The minimum absolute atomic E-state index is 0.0265. The number of rotatable bonds is 7. The van der Waals surface area contributed by atoms with Gasteiger partial charge in [0.25, 0.3) is 0 Å². The Labute approximate surface area is 153 Å². The number of aromatic nitrogens is 2. The maximum Gasteiger partial charge on any atom is 0.322 e. The third kappa shape index (κ3) is 4.82. The smallest absolute Gasteiger partial charge is 0.322 e. The number of nitrogens with one attached hydrogen (secondary N) is 1. The molecule has 8 heteroatoms. The minimum atomic E-state index is -0.313. The van der Waals surface area contributed by atoms with Gasteiger partial charge in [0.1, 0.15) is 11.6 Å². The number of amides is 1. The predicted octanol–water partition coefficient (Wildman–Crippen LogP) is 4.01. The van der Waals surface area contributed by atoms with E-state index < -0.39 is 0 Å². The highest BCUT2D eigenvalue weighted by Crippen LogP contribution is 2.23. The van der Waals surface area contributed by atoms with Crippen LogP contribution in [-0.2, 0) is 4.79 Å². The van der Waals surface area contributed by atoms with Gasteiger partial charge < -0.3 is 9.15 Å². The molecule has 1 amide bonds. The number of ether oxygens (including phenoxy) is 1. The van der Waals surface area contributed by atoms with E-state index in [1.807, 2.05) is 6.92 Å². The molecule has 0 bridgehead atoms. The summed E-state index contributed by atoms with van der Waals surface area (Å²) in [5.41, 5.74) is 0.724. The molecular weight excluding hydrogens is 357 g/mol. The maximum atomic E-state index is 12.9. The Kier molecular flexibility index (Phi) is 5.85. The van der Waals surface area contributed by atoms with E-state index >= 15 is 0 Å². The van der Waals surface area contributed by atoms with Crippen LogP contribution in [0, 0.1) is 5.82 Å². The molecule has 3 rings (SSSR count). The Morgan fingerprint density at radius 3 is 2.58 bits per heavy atom. The minimum Gasteiger partial charge on any atom is -0.494 e. The van der Waals surface area contributed by atoms with Crippen LogP contribution in [0.4, 0.5) is 10.4 Å². The molecule has 0 fully saturated rings. The molecule has 0 radical (unpaired) electrons. The topological polar surface area (TPSA) is 77.3 Å². The average Bonchev–Trinajstić information content (AvgIpc) is 3.10. The van der Waals surface area contributed by atoms with Crippen molar-refractivity contribution in [3.8, 4) is 17.2 Å². The molecule has 1 aromatic heterocycles. The largest absolute Gasteiger partial charge is 0.494 e. The molecule has 0 spiro atoms. The van der Waals surface area contributed by atoms with Crippen molar-refractivity contribution < 1.29 is 18.3 Å². The monoisotopic (exact) mass is 373 g/mol. The summed E-state index contributed by atoms with van der Waals surface area (Å²) in [4.78, 5) is 12.8. The number of hydrogen-bond acceptors (Lipinski definition) is 6. The second kappa shape index (κ2) is 8.48. The second-order valence-electron chi connectivity index (χ2n) is 5.16. The Hall–Kier alpha value is -2.87. The lowest BCUT2D eigenvalue weighted by atomic mass is 10.2. The quantitative estimate of drug-likeness (QED) is 0.631. The lowest BCUT2D eigenvalue weighted by molar-refractivity contribution is -0.113. The first-order valence-electron chi connectivity index (χ1n) is 7.89. The van der Waals surface area contributed by atoms with Gasteiger partial charge in [0.15, 0.2) is 0 Å². The maximum absolute atomic E-state index is 12.9. The van der Waals surface area contributed by atoms with Gasteiger partial charge in [0.2, 0.25) is 11.8 Å². The molecule has 134 valence electrons. The summed E-state index contributed by atoms with van der Waals surface area (Å²) in [6.45, 7) is 2.50. The fraction of sp³-hybridized carbons (Fsp3) is 0.167. The van der Waals surface area contributed by atoms with E-state index in [4.69, 9.17) is 9.15 Å². The highest BCUT2D eigenvalue weighted by molar-refractivity contribution is 8.00. The molecular formula is C18H16FN3O3S. The van der Waals surface area contributed by atoms with Crippen LogP contribution >= 0.6 is 11.8 Å². The fourth-order valence-corrected chi connectivity index (χ4v) is 2.78. The highest BCUT2D eigenvalue weighted by atomic mass is 32.2. The van der Waals surface area contributed by atoms with Gasteiger partial charge in [-0.2, -0.15) is 0 Å².